The Balaban J connectivity index is 0.00000192. The Bertz CT molecular complexity index is 651. The van der Waals surface area contributed by atoms with E-state index in [0.717, 1.165) is 32.4 Å². The quantitative estimate of drug-likeness (QED) is 0.930. The zero-order chi connectivity index (χ0) is 15.4. The summed E-state index contributed by atoms with van der Waals surface area (Å²) in [6.45, 7) is 1.78. The Morgan fingerprint density at radius 3 is 2.52 bits per heavy atom. The maximum absolute atomic E-state index is 12.3. The zero-order valence-corrected chi connectivity index (χ0v) is 14.4. The predicted molar refractivity (Wildman–Crippen MR) is 98.2 cm³/mol. The molecular weight excluding hydrogens is 308 g/mol. The smallest absolute Gasteiger partial charge is 0.222 e. The molecule has 1 N–H and O–H groups in total. The average molecular weight is 333 g/mol. The number of carbonyl (C=O) groups excluding carboxylic acids is 1. The van der Waals surface area contributed by atoms with Crippen molar-refractivity contribution in [2.45, 2.75) is 31.7 Å². The lowest BCUT2D eigenvalue weighted by Gasteiger charge is -2.31. The molecule has 4 heteroatoms. The summed E-state index contributed by atoms with van der Waals surface area (Å²) in [5, 5.41) is 5.81. The standard InChI is InChI=1S/C19H24N2O.ClH/c1-20-18-10-12-21(13-11-18)19(22)9-7-15-6-8-16-4-2-3-5-17(16)14-15;/h2-6,8,14,18,20H,7,9-13H2,1H3;1H. The molecule has 1 aliphatic heterocycles. The zero-order valence-electron chi connectivity index (χ0n) is 13.6. The molecule has 0 radical (unpaired) electrons. The summed E-state index contributed by atoms with van der Waals surface area (Å²) >= 11 is 0. The Morgan fingerprint density at radius 1 is 1.13 bits per heavy atom. The van der Waals surface area contributed by atoms with Crippen LogP contribution in [0.3, 0.4) is 0 Å². The fourth-order valence-electron chi connectivity index (χ4n) is 3.22. The van der Waals surface area contributed by atoms with E-state index in [-0.39, 0.29) is 12.4 Å². The van der Waals surface area contributed by atoms with Crippen molar-refractivity contribution in [3.63, 3.8) is 0 Å². The van der Waals surface area contributed by atoms with Crippen molar-refractivity contribution in [1.82, 2.24) is 10.2 Å². The van der Waals surface area contributed by atoms with Crippen molar-refractivity contribution >= 4 is 29.1 Å². The van der Waals surface area contributed by atoms with Crippen molar-refractivity contribution in [3.8, 4) is 0 Å². The van der Waals surface area contributed by atoms with Crippen molar-refractivity contribution in [1.29, 1.82) is 0 Å². The lowest BCUT2D eigenvalue weighted by atomic mass is 10.0. The van der Waals surface area contributed by atoms with Crippen LogP contribution in [0.1, 0.15) is 24.8 Å². The van der Waals surface area contributed by atoms with Gasteiger partial charge in [-0.2, -0.15) is 0 Å². The van der Waals surface area contributed by atoms with Gasteiger partial charge in [0.05, 0.1) is 0 Å². The van der Waals surface area contributed by atoms with Crippen LogP contribution in [0.5, 0.6) is 0 Å². The molecular formula is C19H25ClN2O. The number of fused-ring (bicyclic) bond motifs is 1. The van der Waals surface area contributed by atoms with Gasteiger partial charge in [-0.05, 0) is 42.6 Å². The van der Waals surface area contributed by atoms with Crippen molar-refractivity contribution in [3.05, 3.63) is 48.0 Å². The Kier molecular flexibility index (Phi) is 6.43. The molecule has 0 aliphatic carbocycles. The molecule has 0 atom stereocenters. The number of nitrogens with zero attached hydrogens (tertiary/aromatic N) is 1. The minimum absolute atomic E-state index is 0. The molecule has 1 aliphatic rings. The average Bonchev–Trinajstić information content (AvgIpc) is 2.59. The first-order valence-electron chi connectivity index (χ1n) is 8.19. The van der Waals surface area contributed by atoms with Crippen LogP contribution in [0.4, 0.5) is 0 Å². The van der Waals surface area contributed by atoms with Gasteiger partial charge >= 0.3 is 0 Å². The number of amides is 1. The third-order valence-corrected chi connectivity index (χ3v) is 4.70. The summed E-state index contributed by atoms with van der Waals surface area (Å²) in [7, 11) is 2.00. The summed E-state index contributed by atoms with van der Waals surface area (Å²) in [5.74, 6) is 0.294. The lowest BCUT2D eigenvalue weighted by molar-refractivity contribution is -0.132. The molecule has 23 heavy (non-hydrogen) atoms. The van der Waals surface area contributed by atoms with E-state index in [1.54, 1.807) is 0 Å². The van der Waals surface area contributed by atoms with Crippen molar-refractivity contribution < 1.29 is 4.79 Å². The molecule has 1 fully saturated rings. The number of hydrogen-bond donors (Lipinski definition) is 1. The number of piperidine rings is 1. The molecule has 1 saturated heterocycles. The number of rotatable bonds is 4. The third-order valence-electron chi connectivity index (χ3n) is 4.70. The maximum Gasteiger partial charge on any atom is 0.222 e. The largest absolute Gasteiger partial charge is 0.343 e. The van der Waals surface area contributed by atoms with Gasteiger partial charge in [0, 0.05) is 25.6 Å². The summed E-state index contributed by atoms with van der Waals surface area (Å²) < 4.78 is 0. The van der Waals surface area contributed by atoms with Gasteiger partial charge in [0.25, 0.3) is 0 Å². The second-order valence-corrected chi connectivity index (χ2v) is 6.13. The highest BCUT2D eigenvalue weighted by atomic mass is 35.5. The number of carbonyl (C=O) groups is 1. The van der Waals surface area contributed by atoms with Crippen LogP contribution in [0.2, 0.25) is 0 Å². The number of hydrogen-bond acceptors (Lipinski definition) is 2. The normalized spacial score (nSPS) is 15.4. The van der Waals surface area contributed by atoms with Gasteiger partial charge in [-0.3, -0.25) is 4.79 Å². The van der Waals surface area contributed by atoms with Crippen LogP contribution in [0, 0.1) is 0 Å². The van der Waals surface area contributed by atoms with E-state index >= 15 is 0 Å². The second-order valence-electron chi connectivity index (χ2n) is 6.13. The number of likely N-dealkylation sites (tertiary alicyclic amines) is 1. The predicted octanol–water partition coefficient (Wildman–Crippen LogP) is 3.40. The van der Waals surface area contributed by atoms with Crippen LogP contribution >= 0.6 is 12.4 Å². The maximum atomic E-state index is 12.3. The van der Waals surface area contributed by atoms with Gasteiger partial charge in [0.2, 0.25) is 5.91 Å². The first-order valence-corrected chi connectivity index (χ1v) is 8.19. The molecule has 3 rings (SSSR count). The molecule has 0 unspecified atom stereocenters. The van der Waals surface area contributed by atoms with Crippen LogP contribution in [0.15, 0.2) is 42.5 Å². The highest BCUT2D eigenvalue weighted by molar-refractivity contribution is 5.85. The molecule has 2 aromatic rings. The first kappa shape index (κ1) is 17.8. The number of aryl methyl sites for hydroxylation is 1. The molecule has 0 bridgehead atoms. The molecule has 0 saturated carbocycles. The summed E-state index contributed by atoms with van der Waals surface area (Å²) in [6, 6.07) is 15.4. The van der Waals surface area contributed by atoms with Crippen LogP contribution < -0.4 is 5.32 Å². The van der Waals surface area contributed by atoms with Gasteiger partial charge in [-0.15, -0.1) is 12.4 Å². The van der Waals surface area contributed by atoms with E-state index in [1.807, 2.05) is 11.9 Å². The molecule has 2 aromatic carbocycles. The van der Waals surface area contributed by atoms with E-state index in [4.69, 9.17) is 0 Å². The Hall–Kier alpha value is -1.58. The first-order chi connectivity index (χ1) is 10.8. The second kappa shape index (κ2) is 8.32. The molecule has 3 nitrogen and oxygen atoms in total. The topological polar surface area (TPSA) is 32.3 Å². The lowest BCUT2D eigenvalue weighted by Crippen LogP contribution is -2.44. The summed E-state index contributed by atoms with van der Waals surface area (Å²) in [6.07, 6.45) is 3.58. The van der Waals surface area contributed by atoms with Crippen LogP contribution in [0.25, 0.3) is 10.8 Å². The van der Waals surface area contributed by atoms with E-state index in [9.17, 15) is 4.79 Å². The molecule has 0 aromatic heterocycles. The minimum Gasteiger partial charge on any atom is -0.343 e. The van der Waals surface area contributed by atoms with Gasteiger partial charge < -0.3 is 10.2 Å². The Labute approximate surface area is 144 Å². The number of benzene rings is 2. The van der Waals surface area contributed by atoms with E-state index in [1.165, 1.54) is 16.3 Å². The number of nitrogens with one attached hydrogen (secondary N) is 1. The third kappa shape index (κ3) is 4.46. The fourth-order valence-corrected chi connectivity index (χ4v) is 3.22. The van der Waals surface area contributed by atoms with Crippen molar-refractivity contribution in [2.75, 3.05) is 20.1 Å². The monoisotopic (exact) mass is 332 g/mol. The minimum atomic E-state index is 0. The highest BCUT2D eigenvalue weighted by Crippen LogP contribution is 2.17. The molecule has 124 valence electrons. The molecule has 1 amide bonds. The molecule has 0 spiro atoms. The van der Waals surface area contributed by atoms with Crippen LogP contribution in [-0.2, 0) is 11.2 Å². The van der Waals surface area contributed by atoms with Crippen molar-refractivity contribution in [2.24, 2.45) is 0 Å². The van der Waals surface area contributed by atoms with Gasteiger partial charge in [0.15, 0.2) is 0 Å². The fraction of sp³-hybridized carbons (Fsp3) is 0.421. The Morgan fingerprint density at radius 2 is 1.83 bits per heavy atom. The van der Waals surface area contributed by atoms with Gasteiger partial charge in [-0.25, -0.2) is 0 Å². The SMILES string of the molecule is CNC1CCN(C(=O)CCc2ccc3ccccc3c2)CC1.Cl. The number of halogens is 1. The summed E-state index contributed by atoms with van der Waals surface area (Å²) in [4.78, 5) is 14.4. The summed E-state index contributed by atoms with van der Waals surface area (Å²) in [5.41, 5.74) is 1.25. The van der Waals surface area contributed by atoms with Gasteiger partial charge in [0.1, 0.15) is 0 Å². The molecule has 1 heterocycles. The van der Waals surface area contributed by atoms with Gasteiger partial charge in [-0.1, -0.05) is 42.5 Å². The highest BCUT2D eigenvalue weighted by Gasteiger charge is 2.21. The van der Waals surface area contributed by atoms with Crippen LogP contribution in [-0.4, -0.2) is 37.0 Å². The van der Waals surface area contributed by atoms with E-state index < -0.39 is 0 Å². The van der Waals surface area contributed by atoms with E-state index in [2.05, 4.69) is 47.8 Å². The van der Waals surface area contributed by atoms with E-state index in [0.29, 0.717) is 18.4 Å².